The van der Waals surface area contributed by atoms with E-state index in [4.69, 9.17) is 10.4 Å². The number of carbonyl (C=O) groups is 1. The SMILES string of the molecule is CC(O)NC(=O)CC#N. The molecule has 0 heterocycles. The number of hydrogen-bond acceptors (Lipinski definition) is 3. The van der Waals surface area contributed by atoms with Crippen LogP contribution >= 0.6 is 0 Å². The van der Waals surface area contributed by atoms with Gasteiger partial charge in [0, 0.05) is 0 Å². The van der Waals surface area contributed by atoms with Crippen molar-refractivity contribution in [3.8, 4) is 6.07 Å². The number of nitriles is 1. The number of amides is 1. The van der Waals surface area contributed by atoms with Crippen LogP contribution in [-0.4, -0.2) is 17.2 Å². The molecule has 0 rings (SSSR count). The third kappa shape index (κ3) is 4.78. The predicted molar refractivity (Wildman–Crippen MR) is 30.1 cm³/mol. The maximum absolute atomic E-state index is 10.4. The summed E-state index contributed by atoms with van der Waals surface area (Å²) >= 11 is 0. The molecule has 0 aromatic heterocycles. The minimum atomic E-state index is -0.870. The number of aliphatic hydroxyl groups is 1. The maximum atomic E-state index is 10.4. The first-order chi connectivity index (χ1) is 4.16. The van der Waals surface area contributed by atoms with Crippen LogP contribution in [0.1, 0.15) is 13.3 Å². The molecule has 1 unspecified atom stereocenters. The summed E-state index contributed by atoms with van der Waals surface area (Å²) in [4.78, 5) is 10.4. The first-order valence-electron chi connectivity index (χ1n) is 2.51. The standard InChI is InChI=1S/C5H8N2O2/c1-4(8)7-5(9)2-3-6/h4,8H,2H2,1H3,(H,7,9). The van der Waals surface area contributed by atoms with Gasteiger partial charge >= 0.3 is 0 Å². The smallest absolute Gasteiger partial charge is 0.236 e. The Morgan fingerprint density at radius 3 is 2.89 bits per heavy atom. The fraction of sp³-hybridized carbons (Fsp3) is 0.600. The van der Waals surface area contributed by atoms with E-state index in [9.17, 15) is 4.79 Å². The number of rotatable bonds is 2. The molecule has 1 atom stereocenters. The van der Waals surface area contributed by atoms with Crippen molar-refractivity contribution in [3.63, 3.8) is 0 Å². The summed E-state index contributed by atoms with van der Waals surface area (Å²) in [5, 5.41) is 18.6. The molecule has 0 radical (unpaired) electrons. The second kappa shape index (κ2) is 3.87. The fourth-order valence-electron chi connectivity index (χ4n) is 0.356. The van der Waals surface area contributed by atoms with Crippen molar-refractivity contribution in [2.45, 2.75) is 19.6 Å². The van der Waals surface area contributed by atoms with Gasteiger partial charge in [0.15, 0.2) is 0 Å². The molecule has 0 aliphatic rings. The largest absolute Gasteiger partial charge is 0.374 e. The Bertz CT molecular complexity index is 136. The van der Waals surface area contributed by atoms with Crippen molar-refractivity contribution in [2.24, 2.45) is 0 Å². The zero-order valence-corrected chi connectivity index (χ0v) is 5.09. The number of hydrogen-bond donors (Lipinski definition) is 2. The summed E-state index contributed by atoms with van der Waals surface area (Å²) in [5.41, 5.74) is 0. The lowest BCUT2D eigenvalue weighted by molar-refractivity contribution is -0.122. The fourth-order valence-corrected chi connectivity index (χ4v) is 0.356. The van der Waals surface area contributed by atoms with Gasteiger partial charge < -0.3 is 10.4 Å². The topological polar surface area (TPSA) is 73.1 Å². The third-order valence-electron chi connectivity index (χ3n) is 0.609. The van der Waals surface area contributed by atoms with Crippen molar-refractivity contribution in [1.82, 2.24) is 5.32 Å². The van der Waals surface area contributed by atoms with Crippen LogP contribution in [0.4, 0.5) is 0 Å². The van der Waals surface area contributed by atoms with Crippen LogP contribution < -0.4 is 5.32 Å². The number of nitrogens with one attached hydrogen (secondary N) is 1. The molecular weight excluding hydrogens is 120 g/mol. The lowest BCUT2D eigenvalue weighted by Crippen LogP contribution is -2.31. The van der Waals surface area contributed by atoms with E-state index in [0.717, 1.165) is 0 Å². The first-order valence-corrected chi connectivity index (χ1v) is 2.51. The molecule has 1 amide bonds. The van der Waals surface area contributed by atoms with E-state index in [0.29, 0.717) is 0 Å². The summed E-state index contributed by atoms with van der Waals surface area (Å²) in [5.74, 6) is -0.451. The van der Waals surface area contributed by atoms with Crippen LogP contribution in [0.15, 0.2) is 0 Å². The van der Waals surface area contributed by atoms with E-state index >= 15 is 0 Å². The zero-order chi connectivity index (χ0) is 7.28. The molecule has 0 saturated carbocycles. The van der Waals surface area contributed by atoms with Gasteiger partial charge in [-0.25, -0.2) is 0 Å². The van der Waals surface area contributed by atoms with E-state index in [1.807, 2.05) is 0 Å². The first kappa shape index (κ1) is 7.92. The van der Waals surface area contributed by atoms with Gasteiger partial charge in [-0.2, -0.15) is 5.26 Å². The molecule has 0 bridgehead atoms. The highest BCUT2D eigenvalue weighted by atomic mass is 16.3. The van der Waals surface area contributed by atoms with Gasteiger partial charge in [0.05, 0.1) is 6.07 Å². The van der Waals surface area contributed by atoms with Crippen LogP contribution in [0.2, 0.25) is 0 Å². The summed E-state index contributed by atoms with van der Waals surface area (Å²) < 4.78 is 0. The molecule has 0 aliphatic heterocycles. The zero-order valence-electron chi connectivity index (χ0n) is 5.09. The molecule has 2 N–H and O–H groups in total. The molecule has 9 heavy (non-hydrogen) atoms. The highest BCUT2D eigenvalue weighted by Crippen LogP contribution is 1.77. The van der Waals surface area contributed by atoms with Crippen molar-refractivity contribution in [3.05, 3.63) is 0 Å². The number of aliphatic hydroxyl groups excluding tert-OH is 1. The Labute approximate surface area is 53.1 Å². The average molecular weight is 128 g/mol. The van der Waals surface area contributed by atoms with Gasteiger partial charge in [0.1, 0.15) is 12.6 Å². The van der Waals surface area contributed by atoms with Crippen molar-refractivity contribution in [1.29, 1.82) is 5.26 Å². The van der Waals surface area contributed by atoms with Crippen LogP contribution in [0.25, 0.3) is 0 Å². The van der Waals surface area contributed by atoms with Crippen molar-refractivity contribution >= 4 is 5.91 Å². The Morgan fingerprint density at radius 1 is 2.00 bits per heavy atom. The molecule has 4 heteroatoms. The van der Waals surface area contributed by atoms with Crippen molar-refractivity contribution < 1.29 is 9.90 Å². The summed E-state index contributed by atoms with van der Waals surface area (Å²) in [6.45, 7) is 1.41. The monoisotopic (exact) mass is 128 g/mol. The van der Waals surface area contributed by atoms with E-state index in [1.54, 1.807) is 6.07 Å². The third-order valence-corrected chi connectivity index (χ3v) is 0.609. The van der Waals surface area contributed by atoms with Gasteiger partial charge in [-0.3, -0.25) is 4.79 Å². The Morgan fingerprint density at radius 2 is 2.56 bits per heavy atom. The Hall–Kier alpha value is -1.08. The predicted octanol–water partition coefficient (Wildman–Crippen LogP) is -0.645. The molecule has 50 valence electrons. The number of carbonyl (C=O) groups excluding carboxylic acids is 1. The van der Waals surface area contributed by atoms with E-state index in [-0.39, 0.29) is 6.42 Å². The molecule has 0 saturated heterocycles. The lowest BCUT2D eigenvalue weighted by atomic mass is 10.4. The average Bonchev–Trinajstić information content (AvgIpc) is 1.63. The summed E-state index contributed by atoms with van der Waals surface area (Å²) in [6, 6.07) is 1.65. The Balaban J connectivity index is 3.42. The summed E-state index contributed by atoms with van der Waals surface area (Å²) in [7, 11) is 0. The van der Waals surface area contributed by atoms with E-state index in [1.165, 1.54) is 6.92 Å². The van der Waals surface area contributed by atoms with Crippen LogP contribution in [0, 0.1) is 11.3 Å². The van der Waals surface area contributed by atoms with Gasteiger partial charge in [0.25, 0.3) is 0 Å². The van der Waals surface area contributed by atoms with Gasteiger partial charge in [0.2, 0.25) is 5.91 Å². The normalized spacial score (nSPS) is 11.7. The second-order valence-corrected chi connectivity index (χ2v) is 1.58. The molecule has 4 nitrogen and oxygen atoms in total. The molecule has 0 aromatic carbocycles. The van der Waals surface area contributed by atoms with Gasteiger partial charge in [-0.05, 0) is 6.92 Å². The van der Waals surface area contributed by atoms with Crippen LogP contribution in [-0.2, 0) is 4.79 Å². The molecule has 0 fully saturated rings. The minimum Gasteiger partial charge on any atom is -0.374 e. The molecule has 0 spiro atoms. The molecule has 0 aromatic rings. The number of nitrogens with zero attached hydrogens (tertiary/aromatic N) is 1. The van der Waals surface area contributed by atoms with E-state index < -0.39 is 12.1 Å². The quantitative estimate of drug-likeness (QED) is 0.485. The second-order valence-electron chi connectivity index (χ2n) is 1.58. The highest BCUT2D eigenvalue weighted by Gasteiger charge is 2.00. The van der Waals surface area contributed by atoms with Gasteiger partial charge in [-0.1, -0.05) is 0 Å². The highest BCUT2D eigenvalue weighted by molar-refractivity contribution is 5.78. The minimum absolute atomic E-state index is 0.203. The Kier molecular flexibility index (Phi) is 3.40. The van der Waals surface area contributed by atoms with Crippen LogP contribution in [0.5, 0.6) is 0 Å². The van der Waals surface area contributed by atoms with E-state index in [2.05, 4.69) is 5.32 Å². The lowest BCUT2D eigenvalue weighted by Gasteiger charge is -2.02. The molecular formula is C5H8N2O2. The van der Waals surface area contributed by atoms with Crippen molar-refractivity contribution in [2.75, 3.05) is 0 Å². The van der Waals surface area contributed by atoms with Gasteiger partial charge in [-0.15, -0.1) is 0 Å². The molecule has 0 aliphatic carbocycles. The van der Waals surface area contributed by atoms with Crippen LogP contribution in [0.3, 0.4) is 0 Å². The summed E-state index contributed by atoms with van der Waals surface area (Å²) in [6.07, 6.45) is -1.07. The maximum Gasteiger partial charge on any atom is 0.236 e.